The van der Waals surface area contributed by atoms with Crippen molar-refractivity contribution in [2.75, 3.05) is 26.4 Å². The molecule has 1 aromatic carbocycles. The van der Waals surface area contributed by atoms with Gasteiger partial charge in [0.1, 0.15) is 6.61 Å². The van der Waals surface area contributed by atoms with Gasteiger partial charge < -0.3 is 14.6 Å². The van der Waals surface area contributed by atoms with Crippen molar-refractivity contribution in [2.45, 2.75) is 0 Å². The van der Waals surface area contributed by atoms with Crippen LogP contribution in [0.2, 0.25) is 0 Å². The summed E-state index contributed by atoms with van der Waals surface area (Å²) >= 11 is 0. The predicted molar refractivity (Wildman–Crippen MR) is 49.7 cm³/mol. The second-order valence-corrected chi connectivity index (χ2v) is 2.98. The van der Waals surface area contributed by atoms with Crippen LogP contribution in [0.5, 0.6) is 5.75 Å². The van der Waals surface area contributed by atoms with Gasteiger partial charge in [-0.25, -0.2) is 8.78 Å². The van der Waals surface area contributed by atoms with Gasteiger partial charge in [0.15, 0.2) is 17.4 Å². The zero-order chi connectivity index (χ0) is 12.8. The van der Waals surface area contributed by atoms with Crippen LogP contribution in [0, 0.1) is 23.3 Å². The highest BCUT2D eigenvalue weighted by molar-refractivity contribution is 5.28. The number of rotatable bonds is 6. The zero-order valence-corrected chi connectivity index (χ0v) is 8.68. The second kappa shape index (κ2) is 6.41. The number of benzene rings is 1. The van der Waals surface area contributed by atoms with E-state index in [9.17, 15) is 17.6 Å². The highest BCUT2D eigenvalue weighted by Gasteiger charge is 2.20. The number of aliphatic hydroxyl groups is 1. The number of hydrogen-bond acceptors (Lipinski definition) is 3. The highest BCUT2D eigenvalue weighted by atomic mass is 19.2. The molecule has 0 heterocycles. The maximum Gasteiger partial charge on any atom is 0.203 e. The molecule has 0 unspecified atom stereocenters. The van der Waals surface area contributed by atoms with Crippen LogP contribution in [-0.2, 0) is 4.74 Å². The largest absolute Gasteiger partial charge is 0.485 e. The van der Waals surface area contributed by atoms with Crippen molar-refractivity contribution < 1.29 is 32.1 Å². The van der Waals surface area contributed by atoms with Crippen LogP contribution in [0.15, 0.2) is 6.07 Å². The molecular weight excluding hydrogens is 244 g/mol. The molecule has 0 amide bonds. The minimum atomic E-state index is -1.59. The van der Waals surface area contributed by atoms with E-state index in [1.165, 1.54) is 0 Å². The highest BCUT2D eigenvalue weighted by Crippen LogP contribution is 2.26. The number of ether oxygens (including phenoxy) is 2. The lowest BCUT2D eigenvalue weighted by Crippen LogP contribution is -2.11. The molecule has 17 heavy (non-hydrogen) atoms. The molecule has 1 aromatic rings. The van der Waals surface area contributed by atoms with Gasteiger partial charge >= 0.3 is 0 Å². The Bertz CT molecular complexity index is 358. The fourth-order valence-electron chi connectivity index (χ4n) is 1.05. The molecular formula is C10H10F4O3. The van der Waals surface area contributed by atoms with E-state index in [0.29, 0.717) is 0 Å². The molecule has 1 rings (SSSR count). The van der Waals surface area contributed by atoms with E-state index in [-0.39, 0.29) is 32.5 Å². The van der Waals surface area contributed by atoms with Gasteiger partial charge in [0, 0.05) is 6.07 Å². The van der Waals surface area contributed by atoms with Crippen LogP contribution in [0.1, 0.15) is 0 Å². The van der Waals surface area contributed by atoms with E-state index < -0.39 is 29.0 Å². The van der Waals surface area contributed by atoms with E-state index >= 15 is 0 Å². The van der Waals surface area contributed by atoms with Crippen LogP contribution >= 0.6 is 0 Å². The molecule has 0 saturated heterocycles. The van der Waals surface area contributed by atoms with E-state index in [1.807, 2.05) is 0 Å². The van der Waals surface area contributed by atoms with Crippen molar-refractivity contribution in [3.8, 4) is 5.75 Å². The smallest absolute Gasteiger partial charge is 0.203 e. The van der Waals surface area contributed by atoms with E-state index in [1.54, 1.807) is 0 Å². The second-order valence-electron chi connectivity index (χ2n) is 2.98. The monoisotopic (exact) mass is 254 g/mol. The molecule has 0 bridgehead atoms. The summed E-state index contributed by atoms with van der Waals surface area (Å²) in [5.41, 5.74) is 0. The molecule has 7 heteroatoms. The molecule has 0 atom stereocenters. The van der Waals surface area contributed by atoms with Crippen LogP contribution in [0.25, 0.3) is 0 Å². The molecule has 0 aliphatic heterocycles. The van der Waals surface area contributed by atoms with Gasteiger partial charge in [-0.2, -0.15) is 8.78 Å². The van der Waals surface area contributed by atoms with Crippen molar-refractivity contribution >= 4 is 0 Å². The van der Waals surface area contributed by atoms with Crippen molar-refractivity contribution in [3.05, 3.63) is 29.3 Å². The normalized spacial score (nSPS) is 10.6. The fraction of sp³-hybridized carbons (Fsp3) is 0.400. The Morgan fingerprint density at radius 3 is 2.06 bits per heavy atom. The van der Waals surface area contributed by atoms with Gasteiger partial charge in [-0.15, -0.1) is 0 Å². The zero-order valence-electron chi connectivity index (χ0n) is 8.68. The van der Waals surface area contributed by atoms with Crippen molar-refractivity contribution in [1.29, 1.82) is 0 Å². The summed E-state index contributed by atoms with van der Waals surface area (Å²) in [6.07, 6.45) is 0. The molecule has 0 spiro atoms. The van der Waals surface area contributed by atoms with Crippen LogP contribution in [0.4, 0.5) is 17.6 Å². The lowest BCUT2D eigenvalue weighted by Gasteiger charge is -2.09. The number of hydrogen-bond donors (Lipinski definition) is 1. The summed E-state index contributed by atoms with van der Waals surface area (Å²) in [4.78, 5) is 0. The van der Waals surface area contributed by atoms with Gasteiger partial charge in [-0.05, 0) is 0 Å². The quantitative estimate of drug-likeness (QED) is 0.476. The van der Waals surface area contributed by atoms with Crippen LogP contribution in [0.3, 0.4) is 0 Å². The van der Waals surface area contributed by atoms with E-state index in [2.05, 4.69) is 4.74 Å². The molecule has 0 saturated carbocycles. The third kappa shape index (κ3) is 3.57. The molecule has 0 radical (unpaired) electrons. The lowest BCUT2D eigenvalue weighted by molar-refractivity contribution is 0.0682. The SMILES string of the molecule is OCCOCCOc1c(F)c(F)cc(F)c1F. The minimum absolute atomic E-state index is 0.0336. The predicted octanol–water partition coefficient (Wildman–Crippen LogP) is 1.63. The van der Waals surface area contributed by atoms with Gasteiger partial charge in [0.05, 0.1) is 19.8 Å². The topological polar surface area (TPSA) is 38.7 Å². The first-order valence-corrected chi connectivity index (χ1v) is 4.72. The third-order valence-corrected chi connectivity index (χ3v) is 1.78. The van der Waals surface area contributed by atoms with Crippen LogP contribution in [-0.4, -0.2) is 31.5 Å². The van der Waals surface area contributed by atoms with Crippen molar-refractivity contribution in [3.63, 3.8) is 0 Å². The van der Waals surface area contributed by atoms with Crippen LogP contribution < -0.4 is 4.74 Å². The average molecular weight is 254 g/mol. The van der Waals surface area contributed by atoms with Crippen molar-refractivity contribution in [1.82, 2.24) is 0 Å². The summed E-state index contributed by atoms with van der Waals surface area (Å²) in [6, 6.07) is 0.0970. The number of aliphatic hydroxyl groups excluding tert-OH is 1. The minimum Gasteiger partial charge on any atom is -0.485 e. The maximum atomic E-state index is 13.0. The van der Waals surface area contributed by atoms with E-state index in [0.717, 1.165) is 0 Å². The van der Waals surface area contributed by atoms with Gasteiger partial charge in [-0.3, -0.25) is 0 Å². The molecule has 0 aromatic heterocycles. The Labute approximate surface area is 94.6 Å². The summed E-state index contributed by atoms with van der Waals surface area (Å²) in [6.45, 7) is -0.544. The lowest BCUT2D eigenvalue weighted by atomic mass is 10.3. The fourth-order valence-corrected chi connectivity index (χ4v) is 1.05. The molecule has 0 aliphatic carbocycles. The third-order valence-electron chi connectivity index (χ3n) is 1.78. The number of halogens is 4. The molecule has 3 nitrogen and oxygen atoms in total. The van der Waals surface area contributed by atoms with Gasteiger partial charge in [-0.1, -0.05) is 0 Å². The Morgan fingerprint density at radius 2 is 1.53 bits per heavy atom. The Balaban J connectivity index is 2.64. The summed E-state index contributed by atoms with van der Waals surface area (Å²) in [5, 5.41) is 8.36. The Morgan fingerprint density at radius 1 is 0.941 bits per heavy atom. The van der Waals surface area contributed by atoms with Gasteiger partial charge in [0.25, 0.3) is 0 Å². The first-order valence-electron chi connectivity index (χ1n) is 4.72. The van der Waals surface area contributed by atoms with E-state index in [4.69, 9.17) is 9.84 Å². The van der Waals surface area contributed by atoms with Gasteiger partial charge in [0.2, 0.25) is 11.6 Å². The first-order chi connectivity index (χ1) is 8.07. The molecule has 1 N–H and O–H groups in total. The summed E-state index contributed by atoms with van der Waals surface area (Å²) in [5.74, 6) is -7.36. The van der Waals surface area contributed by atoms with Crippen molar-refractivity contribution in [2.24, 2.45) is 0 Å². The average Bonchev–Trinajstić information content (AvgIpc) is 2.30. The summed E-state index contributed by atoms with van der Waals surface area (Å²) < 4.78 is 60.8. The first kappa shape index (κ1) is 13.7. The summed E-state index contributed by atoms with van der Waals surface area (Å²) in [7, 11) is 0. The Kier molecular flexibility index (Phi) is 5.17. The standard InChI is InChI=1S/C10H10F4O3/c11-6-5-7(12)9(14)10(8(6)13)17-4-3-16-2-1-15/h5,15H,1-4H2. The molecule has 0 aliphatic rings. The Hall–Kier alpha value is -1.34. The maximum absolute atomic E-state index is 13.0. The molecule has 0 fully saturated rings. The molecule has 96 valence electrons.